The number of halogens is 1. The van der Waals surface area contributed by atoms with Crippen molar-refractivity contribution in [3.8, 4) is 0 Å². The molecule has 1 aromatic carbocycles. The molecule has 6 nitrogen and oxygen atoms in total. The Morgan fingerprint density at radius 1 is 1.35 bits per heavy atom. The third-order valence-electron chi connectivity index (χ3n) is 3.78. The molecule has 0 bridgehead atoms. The summed E-state index contributed by atoms with van der Waals surface area (Å²) in [6.45, 7) is 0.261. The van der Waals surface area contributed by atoms with Gasteiger partial charge in [0.15, 0.2) is 0 Å². The standard InChI is InChI=1S/C18H16ClN3O3S/c1-25-16(23)6-8-26-14-4-5-15-13(9-14)10-21-22(18(15)24)11-12-3-2-7-20-17(12)19/h2-5,7,9-10H,6,8,11H2,1H3. The number of nitrogens with zero attached hydrogens (tertiary/aromatic N) is 3. The Kier molecular flexibility index (Phi) is 5.90. The maximum absolute atomic E-state index is 12.7. The van der Waals surface area contributed by atoms with Crippen LogP contribution in [0.15, 0.2) is 52.4 Å². The molecule has 0 radical (unpaired) electrons. The molecule has 0 saturated carbocycles. The molecule has 3 aromatic rings. The van der Waals surface area contributed by atoms with E-state index in [9.17, 15) is 9.59 Å². The SMILES string of the molecule is COC(=O)CCSc1ccc2c(=O)n(Cc3cccnc3Cl)ncc2c1. The fourth-order valence-electron chi connectivity index (χ4n) is 2.42. The average molecular weight is 390 g/mol. The number of methoxy groups -OCH3 is 1. The smallest absolute Gasteiger partial charge is 0.306 e. The van der Waals surface area contributed by atoms with Gasteiger partial charge in [0.25, 0.3) is 5.56 Å². The number of esters is 1. The fraction of sp³-hybridized carbons (Fsp3) is 0.222. The van der Waals surface area contributed by atoms with Gasteiger partial charge in [0.05, 0.1) is 31.7 Å². The second-order valence-corrected chi connectivity index (χ2v) is 7.01. The van der Waals surface area contributed by atoms with Crippen molar-refractivity contribution < 1.29 is 9.53 Å². The summed E-state index contributed by atoms with van der Waals surface area (Å²) in [6, 6.07) is 9.13. The first-order chi connectivity index (χ1) is 12.6. The lowest BCUT2D eigenvalue weighted by Crippen LogP contribution is -2.23. The second-order valence-electron chi connectivity index (χ2n) is 5.48. The van der Waals surface area contributed by atoms with E-state index in [0.29, 0.717) is 22.7 Å². The third-order valence-corrected chi connectivity index (χ3v) is 5.12. The van der Waals surface area contributed by atoms with Crippen molar-refractivity contribution in [2.75, 3.05) is 12.9 Å². The van der Waals surface area contributed by atoms with Crippen molar-refractivity contribution >= 4 is 40.1 Å². The first kappa shape index (κ1) is 18.4. The molecule has 0 aliphatic rings. The maximum atomic E-state index is 12.7. The molecule has 3 rings (SSSR count). The number of carbonyl (C=O) groups excluding carboxylic acids is 1. The third kappa shape index (κ3) is 4.23. The zero-order valence-electron chi connectivity index (χ0n) is 14.0. The maximum Gasteiger partial charge on any atom is 0.306 e. The lowest BCUT2D eigenvalue weighted by Gasteiger charge is -2.08. The summed E-state index contributed by atoms with van der Waals surface area (Å²) in [6.07, 6.45) is 3.60. The van der Waals surface area contributed by atoms with Crippen LogP contribution in [0.25, 0.3) is 10.8 Å². The second kappa shape index (κ2) is 8.33. The van der Waals surface area contributed by atoms with Crippen LogP contribution in [0.1, 0.15) is 12.0 Å². The van der Waals surface area contributed by atoms with Gasteiger partial charge < -0.3 is 4.74 Å². The molecule has 0 unspecified atom stereocenters. The molecule has 0 atom stereocenters. The van der Waals surface area contributed by atoms with Gasteiger partial charge >= 0.3 is 5.97 Å². The summed E-state index contributed by atoms with van der Waals surface area (Å²) in [4.78, 5) is 28.8. The molecule has 26 heavy (non-hydrogen) atoms. The van der Waals surface area contributed by atoms with Crippen LogP contribution in [0.5, 0.6) is 0 Å². The Hall–Kier alpha value is -2.38. The fourth-order valence-corrected chi connectivity index (χ4v) is 3.48. The van der Waals surface area contributed by atoms with Crippen LogP contribution in [0.4, 0.5) is 0 Å². The first-order valence-electron chi connectivity index (χ1n) is 7.87. The highest BCUT2D eigenvalue weighted by Gasteiger charge is 2.09. The quantitative estimate of drug-likeness (QED) is 0.366. The van der Waals surface area contributed by atoms with Gasteiger partial charge in [-0.1, -0.05) is 17.7 Å². The normalized spacial score (nSPS) is 10.8. The molecular formula is C18H16ClN3O3S. The van der Waals surface area contributed by atoms with E-state index in [1.54, 1.807) is 24.5 Å². The average Bonchev–Trinajstić information content (AvgIpc) is 2.65. The molecule has 0 aliphatic heterocycles. The van der Waals surface area contributed by atoms with Crippen molar-refractivity contribution in [2.24, 2.45) is 0 Å². The highest BCUT2D eigenvalue weighted by atomic mass is 35.5. The topological polar surface area (TPSA) is 74.1 Å². The van der Waals surface area contributed by atoms with E-state index in [-0.39, 0.29) is 18.1 Å². The number of thioether (sulfide) groups is 1. The highest BCUT2D eigenvalue weighted by molar-refractivity contribution is 7.99. The van der Waals surface area contributed by atoms with Crippen LogP contribution in [-0.2, 0) is 16.1 Å². The number of fused-ring (bicyclic) bond motifs is 1. The van der Waals surface area contributed by atoms with Crippen molar-refractivity contribution in [3.63, 3.8) is 0 Å². The molecule has 0 aliphatic carbocycles. The lowest BCUT2D eigenvalue weighted by atomic mass is 10.2. The number of ether oxygens (including phenoxy) is 1. The number of rotatable bonds is 6. The molecule has 8 heteroatoms. The summed E-state index contributed by atoms with van der Waals surface area (Å²) in [5.74, 6) is 0.374. The molecule has 0 N–H and O–H groups in total. The van der Waals surface area contributed by atoms with E-state index >= 15 is 0 Å². The predicted molar refractivity (Wildman–Crippen MR) is 102 cm³/mol. The Morgan fingerprint density at radius 3 is 2.96 bits per heavy atom. The molecule has 0 fully saturated rings. The molecule has 0 spiro atoms. The van der Waals surface area contributed by atoms with Gasteiger partial charge in [-0.15, -0.1) is 11.8 Å². The van der Waals surface area contributed by atoms with Crippen molar-refractivity contribution in [3.05, 3.63) is 63.8 Å². The van der Waals surface area contributed by atoms with Crippen LogP contribution in [0.3, 0.4) is 0 Å². The van der Waals surface area contributed by atoms with E-state index in [0.717, 1.165) is 15.8 Å². The number of benzene rings is 1. The van der Waals surface area contributed by atoms with Crippen LogP contribution in [0.2, 0.25) is 5.15 Å². The van der Waals surface area contributed by atoms with E-state index in [4.69, 9.17) is 11.6 Å². The predicted octanol–water partition coefficient (Wildman–Crippen LogP) is 3.15. The van der Waals surface area contributed by atoms with Gasteiger partial charge in [-0.05, 0) is 24.3 Å². The van der Waals surface area contributed by atoms with Crippen molar-refractivity contribution in [1.29, 1.82) is 0 Å². The Bertz CT molecular complexity index is 1010. The van der Waals surface area contributed by atoms with Gasteiger partial charge in [0.2, 0.25) is 0 Å². The summed E-state index contributed by atoms with van der Waals surface area (Å²) in [5.41, 5.74) is 0.548. The number of hydrogen-bond donors (Lipinski definition) is 0. The van der Waals surface area contributed by atoms with Crippen molar-refractivity contribution in [1.82, 2.24) is 14.8 Å². The van der Waals surface area contributed by atoms with Crippen LogP contribution < -0.4 is 5.56 Å². The molecule has 0 saturated heterocycles. The van der Waals surface area contributed by atoms with Gasteiger partial charge in [-0.3, -0.25) is 9.59 Å². The Labute approximate surface area is 159 Å². The largest absolute Gasteiger partial charge is 0.469 e. The highest BCUT2D eigenvalue weighted by Crippen LogP contribution is 2.22. The molecule has 2 heterocycles. The zero-order valence-corrected chi connectivity index (χ0v) is 15.6. The Balaban J connectivity index is 1.81. The van der Waals surface area contributed by atoms with E-state index in [1.165, 1.54) is 23.6 Å². The van der Waals surface area contributed by atoms with E-state index in [2.05, 4.69) is 14.8 Å². The first-order valence-corrected chi connectivity index (χ1v) is 9.23. The summed E-state index contributed by atoms with van der Waals surface area (Å²) < 4.78 is 5.99. The van der Waals surface area contributed by atoms with Gasteiger partial charge in [0, 0.05) is 27.8 Å². The van der Waals surface area contributed by atoms with E-state index in [1.807, 2.05) is 18.2 Å². The van der Waals surface area contributed by atoms with Crippen LogP contribution in [0, 0.1) is 0 Å². The van der Waals surface area contributed by atoms with Gasteiger partial charge in [-0.2, -0.15) is 5.10 Å². The molecule has 2 aromatic heterocycles. The van der Waals surface area contributed by atoms with Gasteiger partial charge in [-0.25, -0.2) is 9.67 Å². The summed E-state index contributed by atoms with van der Waals surface area (Å²) in [7, 11) is 1.37. The van der Waals surface area contributed by atoms with Crippen LogP contribution in [-0.4, -0.2) is 33.6 Å². The minimum absolute atomic E-state index is 0.187. The van der Waals surface area contributed by atoms with E-state index < -0.39 is 0 Å². The number of aromatic nitrogens is 3. The molecule has 0 amide bonds. The number of hydrogen-bond acceptors (Lipinski definition) is 6. The minimum Gasteiger partial charge on any atom is -0.469 e. The zero-order chi connectivity index (χ0) is 18.5. The monoisotopic (exact) mass is 389 g/mol. The number of carbonyl (C=O) groups is 1. The van der Waals surface area contributed by atoms with Crippen molar-refractivity contribution in [2.45, 2.75) is 17.9 Å². The minimum atomic E-state index is -0.239. The van der Waals surface area contributed by atoms with Gasteiger partial charge in [0.1, 0.15) is 5.15 Å². The lowest BCUT2D eigenvalue weighted by molar-refractivity contribution is -0.140. The Morgan fingerprint density at radius 2 is 2.19 bits per heavy atom. The molecular weight excluding hydrogens is 374 g/mol. The summed E-state index contributed by atoms with van der Waals surface area (Å²) >= 11 is 7.59. The number of pyridine rings is 1. The summed E-state index contributed by atoms with van der Waals surface area (Å²) in [5, 5.41) is 5.94. The van der Waals surface area contributed by atoms with Crippen LogP contribution >= 0.6 is 23.4 Å². The molecule has 134 valence electrons.